The van der Waals surface area contributed by atoms with Crippen molar-refractivity contribution in [3.63, 3.8) is 0 Å². The topological polar surface area (TPSA) is 84.9 Å². The molecule has 96 valence electrons. The van der Waals surface area contributed by atoms with Crippen molar-refractivity contribution in [3.05, 3.63) is 23.8 Å². The molecule has 0 saturated heterocycles. The molecule has 1 aromatic rings. The second kappa shape index (κ2) is 5.05. The highest BCUT2D eigenvalue weighted by Crippen LogP contribution is 2.32. The van der Waals surface area contributed by atoms with Crippen molar-refractivity contribution < 1.29 is 24.2 Å². The Hall–Kier alpha value is -2.08. The molecule has 1 aromatic carbocycles. The van der Waals surface area contributed by atoms with Crippen LogP contribution in [0, 0.1) is 0 Å². The Morgan fingerprint density at radius 2 is 2.11 bits per heavy atom. The Morgan fingerprint density at radius 3 is 2.83 bits per heavy atom. The zero-order valence-corrected chi connectivity index (χ0v) is 9.80. The van der Waals surface area contributed by atoms with Gasteiger partial charge in [0.15, 0.2) is 17.3 Å². The molecule has 6 heteroatoms. The Kier molecular flexibility index (Phi) is 3.47. The van der Waals surface area contributed by atoms with E-state index in [1.54, 1.807) is 25.1 Å². The second-order valence-corrected chi connectivity index (χ2v) is 3.93. The molecule has 0 aliphatic carbocycles. The summed E-state index contributed by atoms with van der Waals surface area (Å²) in [6.45, 7) is 1.52. The second-order valence-electron chi connectivity index (χ2n) is 3.93. The van der Waals surface area contributed by atoms with Gasteiger partial charge in [-0.2, -0.15) is 0 Å². The molecule has 0 radical (unpaired) electrons. The van der Waals surface area contributed by atoms with Gasteiger partial charge in [-0.15, -0.1) is 0 Å². The minimum atomic E-state index is -1.000. The number of carbonyl (C=O) groups is 2. The van der Waals surface area contributed by atoms with E-state index in [1.807, 2.05) is 0 Å². The molecule has 18 heavy (non-hydrogen) atoms. The number of nitrogens with one attached hydrogen (secondary N) is 1. The molecule has 0 fully saturated rings. The fraction of sp³-hybridized carbons (Fsp3) is 0.333. The van der Waals surface area contributed by atoms with E-state index in [9.17, 15) is 9.59 Å². The van der Waals surface area contributed by atoms with Gasteiger partial charge in [-0.3, -0.25) is 14.9 Å². The van der Waals surface area contributed by atoms with Crippen LogP contribution in [0.3, 0.4) is 0 Å². The van der Waals surface area contributed by atoms with E-state index in [0.29, 0.717) is 17.1 Å². The molecule has 1 heterocycles. The summed E-state index contributed by atoms with van der Waals surface area (Å²) in [5.41, 5.74) is 0.463. The summed E-state index contributed by atoms with van der Waals surface area (Å²) in [4.78, 5) is 22.4. The van der Waals surface area contributed by atoms with E-state index in [0.717, 1.165) is 0 Å². The van der Waals surface area contributed by atoms with E-state index in [4.69, 9.17) is 14.6 Å². The number of hydrogen-bond donors (Lipinski definition) is 2. The molecular formula is C12H13NO5. The quantitative estimate of drug-likeness (QED) is 0.748. The maximum absolute atomic E-state index is 12.0. The normalized spacial score (nSPS) is 14.3. The van der Waals surface area contributed by atoms with Gasteiger partial charge in [0, 0.05) is 5.56 Å². The molecule has 1 aliphatic rings. The lowest BCUT2D eigenvalue weighted by atomic mass is 10.0. The molecule has 0 amide bonds. The number of carboxylic acids is 1. The first-order valence-electron chi connectivity index (χ1n) is 5.47. The van der Waals surface area contributed by atoms with Crippen molar-refractivity contribution in [2.45, 2.75) is 13.0 Å². The molecule has 1 unspecified atom stereocenters. The van der Waals surface area contributed by atoms with E-state index in [-0.39, 0.29) is 19.1 Å². The highest BCUT2D eigenvalue weighted by molar-refractivity contribution is 6.00. The van der Waals surface area contributed by atoms with Gasteiger partial charge in [-0.05, 0) is 25.1 Å². The van der Waals surface area contributed by atoms with Crippen LogP contribution >= 0.6 is 0 Å². The maximum atomic E-state index is 12.0. The van der Waals surface area contributed by atoms with Gasteiger partial charge in [-0.25, -0.2) is 0 Å². The first-order chi connectivity index (χ1) is 8.58. The van der Waals surface area contributed by atoms with Crippen LogP contribution in [0.1, 0.15) is 17.3 Å². The molecular weight excluding hydrogens is 238 g/mol. The number of ketones is 1. The van der Waals surface area contributed by atoms with Crippen LogP contribution in [0.5, 0.6) is 11.5 Å². The fourth-order valence-corrected chi connectivity index (χ4v) is 1.63. The van der Waals surface area contributed by atoms with Crippen molar-refractivity contribution >= 4 is 11.8 Å². The van der Waals surface area contributed by atoms with Crippen LogP contribution < -0.4 is 14.8 Å². The van der Waals surface area contributed by atoms with Crippen molar-refractivity contribution in [2.75, 3.05) is 13.3 Å². The molecule has 0 saturated carbocycles. The number of hydrogen-bond acceptors (Lipinski definition) is 5. The van der Waals surface area contributed by atoms with Crippen LogP contribution in [0.4, 0.5) is 0 Å². The summed E-state index contributed by atoms with van der Waals surface area (Å²) in [7, 11) is 0. The van der Waals surface area contributed by atoms with Gasteiger partial charge in [0.1, 0.15) is 0 Å². The lowest BCUT2D eigenvalue weighted by Crippen LogP contribution is -2.37. The van der Waals surface area contributed by atoms with Crippen molar-refractivity contribution in [1.29, 1.82) is 0 Å². The Balaban J connectivity index is 2.06. The number of benzene rings is 1. The first-order valence-corrected chi connectivity index (χ1v) is 5.47. The van der Waals surface area contributed by atoms with Gasteiger partial charge < -0.3 is 14.6 Å². The Labute approximate surface area is 104 Å². The summed E-state index contributed by atoms with van der Waals surface area (Å²) in [6.07, 6.45) is 0. The van der Waals surface area contributed by atoms with Gasteiger partial charge in [0.25, 0.3) is 0 Å². The monoisotopic (exact) mass is 251 g/mol. The number of carbonyl (C=O) groups excluding carboxylic acids is 1. The van der Waals surface area contributed by atoms with Gasteiger partial charge in [0.05, 0.1) is 12.6 Å². The van der Waals surface area contributed by atoms with Crippen LogP contribution in [-0.2, 0) is 4.79 Å². The third-order valence-corrected chi connectivity index (χ3v) is 2.61. The largest absolute Gasteiger partial charge is 0.480 e. The summed E-state index contributed by atoms with van der Waals surface area (Å²) >= 11 is 0. The SMILES string of the molecule is CC(NCC(=O)O)C(=O)c1ccc2c(c1)OCO2. The molecule has 0 aromatic heterocycles. The van der Waals surface area contributed by atoms with E-state index < -0.39 is 12.0 Å². The van der Waals surface area contributed by atoms with Gasteiger partial charge >= 0.3 is 5.97 Å². The number of rotatable bonds is 5. The lowest BCUT2D eigenvalue weighted by Gasteiger charge is -2.11. The molecule has 6 nitrogen and oxygen atoms in total. The van der Waals surface area contributed by atoms with Crippen molar-refractivity contribution in [2.24, 2.45) is 0 Å². The molecule has 1 aliphatic heterocycles. The third kappa shape index (κ3) is 2.60. The van der Waals surface area contributed by atoms with E-state index >= 15 is 0 Å². The van der Waals surface area contributed by atoms with Crippen LogP contribution in [0.2, 0.25) is 0 Å². The highest BCUT2D eigenvalue weighted by atomic mass is 16.7. The van der Waals surface area contributed by atoms with Gasteiger partial charge in [0.2, 0.25) is 6.79 Å². The third-order valence-electron chi connectivity index (χ3n) is 2.61. The number of carboxylic acid groups (broad SMARTS) is 1. The van der Waals surface area contributed by atoms with Crippen LogP contribution in [-0.4, -0.2) is 36.2 Å². The first kappa shape index (κ1) is 12.4. The molecule has 2 N–H and O–H groups in total. The average molecular weight is 251 g/mol. The van der Waals surface area contributed by atoms with E-state index in [1.165, 1.54) is 0 Å². The summed E-state index contributed by atoms with van der Waals surface area (Å²) in [5, 5.41) is 11.2. The van der Waals surface area contributed by atoms with Crippen molar-refractivity contribution in [1.82, 2.24) is 5.32 Å². The zero-order chi connectivity index (χ0) is 13.1. The van der Waals surface area contributed by atoms with Gasteiger partial charge in [-0.1, -0.05) is 0 Å². The Bertz CT molecular complexity index is 485. The molecule has 0 bridgehead atoms. The standard InChI is InChI=1S/C12H13NO5/c1-7(13-5-11(14)15)12(16)8-2-3-9-10(4-8)18-6-17-9/h2-4,7,13H,5-6H2,1H3,(H,14,15). The Morgan fingerprint density at radius 1 is 1.39 bits per heavy atom. The van der Waals surface area contributed by atoms with Crippen LogP contribution in [0.25, 0.3) is 0 Å². The minimum Gasteiger partial charge on any atom is -0.480 e. The maximum Gasteiger partial charge on any atom is 0.317 e. The number of ether oxygens (including phenoxy) is 2. The lowest BCUT2D eigenvalue weighted by molar-refractivity contribution is -0.136. The molecule has 1 atom stereocenters. The summed E-state index contributed by atoms with van der Waals surface area (Å²) < 4.78 is 10.3. The molecule has 0 spiro atoms. The average Bonchev–Trinajstić information content (AvgIpc) is 2.81. The minimum absolute atomic E-state index is 0.153. The zero-order valence-electron chi connectivity index (χ0n) is 9.80. The predicted octanol–water partition coefficient (Wildman–Crippen LogP) is 0.661. The molecule has 2 rings (SSSR count). The van der Waals surface area contributed by atoms with Crippen LogP contribution in [0.15, 0.2) is 18.2 Å². The number of fused-ring (bicyclic) bond motifs is 1. The number of aliphatic carboxylic acids is 1. The number of Topliss-reactive ketones (excluding diaryl/α,β-unsaturated/α-hetero) is 1. The van der Waals surface area contributed by atoms with E-state index in [2.05, 4.69) is 5.32 Å². The fourth-order valence-electron chi connectivity index (χ4n) is 1.63. The van der Waals surface area contributed by atoms with Crippen molar-refractivity contribution in [3.8, 4) is 11.5 Å². The summed E-state index contributed by atoms with van der Waals surface area (Å²) in [5.74, 6) is -0.0427. The highest BCUT2D eigenvalue weighted by Gasteiger charge is 2.20. The predicted molar refractivity (Wildman–Crippen MR) is 62.0 cm³/mol. The smallest absolute Gasteiger partial charge is 0.317 e. The summed E-state index contributed by atoms with van der Waals surface area (Å²) in [6, 6.07) is 4.33.